The second-order valence-corrected chi connectivity index (χ2v) is 5.19. The van der Waals surface area contributed by atoms with Gasteiger partial charge in [-0.15, -0.1) is 0 Å². The number of hydrogen-bond acceptors (Lipinski definition) is 6. The number of nitrogens with zero attached hydrogens (tertiary/aromatic N) is 4. The number of H-pyrrole nitrogens is 1. The fraction of sp³-hybridized carbons (Fsp3) is 0.429. The topological polar surface area (TPSA) is 97.2 Å². The van der Waals surface area contributed by atoms with E-state index in [-0.39, 0.29) is 11.8 Å². The number of hydrogen-bond donors (Lipinski definition) is 1. The molecule has 1 unspecified atom stereocenters. The lowest BCUT2D eigenvalue weighted by atomic mass is 10.2. The molecule has 0 saturated carbocycles. The molecular formula is C14H16FN5O3. The molecule has 0 spiro atoms. The van der Waals surface area contributed by atoms with E-state index in [1.54, 1.807) is 4.90 Å². The van der Waals surface area contributed by atoms with Crippen LogP contribution in [-0.4, -0.2) is 39.8 Å². The first-order valence-corrected chi connectivity index (χ1v) is 7.30. The number of nitro groups is 1. The quantitative estimate of drug-likeness (QED) is 0.683. The van der Waals surface area contributed by atoms with Crippen molar-refractivity contribution >= 4 is 11.4 Å². The van der Waals surface area contributed by atoms with E-state index in [9.17, 15) is 14.5 Å². The van der Waals surface area contributed by atoms with Gasteiger partial charge in [-0.2, -0.15) is 5.10 Å². The van der Waals surface area contributed by atoms with Crippen LogP contribution in [-0.2, 0) is 11.2 Å². The average Bonchev–Trinajstić information content (AvgIpc) is 3.04. The number of aromatic nitrogens is 3. The van der Waals surface area contributed by atoms with Gasteiger partial charge in [-0.1, -0.05) is 6.92 Å². The molecule has 0 aliphatic carbocycles. The molecule has 1 N–H and O–H groups in total. The Labute approximate surface area is 131 Å². The molecule has 1 aromatic heterocycles. The summed E-state index contributed by atoms with van der Waals surface area (Å²) >= 11 is 0. The van der Waals surface area contributed by atoms with Gasteiger partial charge in [-0.05, 0) is 6.07 Å². The van der Waals surface area contributed by atoms with Crippen LogP contribution in [0.2, 0.25) is 0 Å². The first kappa shape index (κ1) is 15.3. The van der Waals surface area contributed by atoms with Crippen LogP contribution in [0.15, 0.2) is 18.2 Å². The standard InChI is InChI=1S/C14H16FN5O3/c1-2-13-16-14(18-17-13)12-8-19(5-6-23-12)11-4-3-9(20(21)22)7-10(11)15/h3-4,7,12H,2,5-6,8H2,1H3,(H,16,17,18). The molecule has 9 heteroatoms. The van der Waals surface area contributed by atoms with Crippen LogP contribution < -0.4 is 4.90 Å². The predicted molar refractivity (Wildman–Crippen MR) is 79.7 cm³/mol. The van der Waals surface area contributed by atoms with Crippen LogP contribution in [0.3, 0.4) is 0 Å². The molecule has 0 amide bonds. The lowest BCUT2D eigenvalue weighted by Gasteiger charge is -2.33. The van der Waals surface area contributed by atoms with Crippen molar-refractivity contribution in [2.75, 3.05) is 24.6 Å². The van der Waals surface area contributed by atoms with Gasteiger partial charge in [0.25, 0.3) is 5.69 Å². The monoisotopic (exact) mass is 321 g/mol. The largest absolute Gasteiger partial charge is 0.366 e. The molecule has 0 radical (unpaired) electrons. The highest BCUT2D eigenvalue weighted by Crippen LogP contribution is 2.28. The van der Waals surface area contributed by atoms with Gasteiger partial charge in [0.2, 0.25) is 0 Å². The zero-order valence-electron chi connectivity index (χ0n) is 12.5. The van der Waals surface area contributed by atoms with E-state index in [0.717, 1.165) is 18.3 Å². The third-order valence-electron chi connectivity index (χ3n) is 3.72. The highest BCUT2D eigenvalue weighted by molar-refractivity contribution is 5.52. The summed E-state index contributed by atoms with van der Waals surface area (Å²) in [5.74, 6) is 0.681. The van der Waals surface area contributed by atoms with E-state index in [1.807, 2.05) is 6.92 Å². The third-order valence-corrected chi connectivity index (χ3v) is 3.72. The molecule has 3 rings (SSSR count). The Morgan fingerprint density at radius 1 is 1.57 bits per heavy atom. The maximum Gasteiger partial charge on any atom is 0.272 e. The fourth-order valence-corrected chi connectivity index (χ4v) is 2.50. The minimum Gasteiger partial charge on any atom is -0.366 e. The number of nitrogens with one attached hydrogen (secondary N) is 1. The van der Waals surface area contributed by atoms with Crippen molar-refractivity contribution in [1.29, 1.82) is 0 Å². The zero-order chi connectivity index (χ0) is 16.4. The van der Waals surface area contributed by atoms with Crippen molar-refractivity contribution in [1.82, 2.24) is 15.2 Å². The maximum absolute atomic E-state index is 14.2. The summed E-state index contributed by atoms with van der Waals surface area (Å²) in [7, 11) is 0. The van der Waals surface area contributed by atoms with Crippen molar-refractivity contribution in [2.24, 2.45) is 0 Å². The number of morpholine rings is 1. The second-order valence-electron chi connectivity index (χ2n) is 5.19. The van der Waals surface area contributed by atoms with Gasteiger partial charge in [0.15, 0.2) is 11.6 Å². The zero-order valence-corrected chi connectivity index (χ0v) is 12.5. The Morgan fingerprint density at radius 2 is 2.39 bits per heavy atom. The van der Waals surface area contributed by atoms with E-state index >= 15 is 0 Å². The van der Waals surface area contributed by atoms with Crippen LogP contribution in [0.5, 0.6) is 0 Å². The van der Waals surface area contributed by atoms with Crippen molar-refractivity contribution < 1.29 is 14.1 Å². The van der Waals surface area contributed by atoms with Crippen molar-refractivity contribution in [3.8, 4) is 0 Å². The van der Waals surface area contributed by atoms with E-state index in [0.29, 0.717) is 31.2 Å². The third kappa shape index (κ3) is 3.14. The lowest BCUT2D eigenvalue weighted by Crippen LogP contribution is -2.39. The molecule has 8 nitrogen and oxygen atoms in total. The molecule has 0 bridgehead atoms. The average molecular weight is 321 g/mol. The molecule has 1 fully saturated rings. The molecule has 2 aromatic rings. The number of aromatic amines is 1. The summed E-state index contributed by atoms with van der Waals surface area (Å²) in [6, 6.07) is 3.65. The van der Waals surface area contributed by atoms with Gasteiger partial charge in [0.1, 0.15) is 11.9 Å². The molecule has 1 aliphatic heterocycles. The fourth-order valence-electron chi connectivity index (χ4n) is 2.50. The summed E-state index contributed by atoms with van der Waals surface area (Å²) in [4.78, 5) is 16.2. The van der Waals surface area contributed by atoms with E-state index < -0.39 is 10.7 Å². The Morgan fingerprint density at radius 3 is 3.04 bits per heavy atom. The minimum atomic E-state index is -0.621. The van der Waals surface area contributed by atoms with Gasteiger partial charge in [-0.25, -0.2) is 9.37 Å². The number of nitro benzene ring substituents is 1. The Bertz CT molecular complexity index is 720. The number of non-ortho nitro benzene ring substituents is 1. The van der Waals surface area contributed by atoms with Crippen LogP contribution in [0, 0.1) is 15.9 Å². The number of halogens is 1. The molecule has 1 aromatic carbocycles. The minimum absolute atomic E-state index is 0.266. The first-order valence-electron chi connectivity index (χ1n) is 7.30. The number of aryl methyl sites for hydroxylation is 1. The second kappa shape index (κ2) is 6.29. The van der Waals surface area contributed by atoms with Crippen LogP contribution in [0.1, 0.15) is 24.7 Å². The predicted octanol–water partition coefficient (Wildman–Crippen LogP) is 1.99. The van der Waals surface area contributed by atoms with Crippen molar-refractivity contribution in [2.45, 2.75) is 19.4 Å². The molecule has 122 valence electrons. The normalized spacial score (nSPS) is 18.2. The van der Waals surface area contributed by atoms with Gasteiger partial charge in [0.05, 0.1) is 29.8 Å². The molecule has 1 saturated heterocycles. The summed E-state index contributed by atoms with van der Waals surface area (Å²) in [6.07, 6.45) is 0.371. The number of ether oxygens (including phenoxy) is 1. The smallest absolute Gasteiger partial charge is 0.272 e. The van der Waals surface area contributed by atoms with Gasteiger partial charge >= 0.3 is 0 Å². The van der Waals surface area contributed by atoms with E-state index in [4.69, 9.17) is 4.74 Å². The highest BCUT2D eigenvalue weighted by atomic mass is 19.1. The molecule has 2 heterocycles. The number of anilines is 1. The Kier molecular flexibility index (Phi) is 4.20. The number of benzene rings is 1. The maximum atomic E-state index is 14.2. The van der Waals surface area contributed by atoms with Crippen LogP contribution in [0.4, 0.5) is 15.8 Å². The Balaban J connectivity index is 1.79. The summed E-state index contributed by atoms with van der Waals surface area (Å²) in [6.45, 7) is 3.24. The number of rotatable bonds is 4. The summed E-state index contributed by atoms with van der Waals surface area (Å²) in [5, 5.41) is 17.7. The van der Waals surface area contributed by atoms with Gasteiger partial charge in [0, 0.05) is 19.0 Å². The SMILES string of the molecule is CCc1nc(C2CN(c3ccc([N+](=O)[O-])cc3F)CCO2)n[nH]1. The van der Waals surface area contributed by atoms with Gasteiger partial charge < -0.3 is 9.64 Å². The highest BCUT2D eigenvalue weighted by Gasteiger charge is 2.27. The van der Waals surface area contributed by atoms with Crippen LogP contribution >= 0.6 is 0 Å². The van der Waals surface area contributed by atoms with Gasteiger partial charge in [-0.3, -0.25) is 15.2 Å². The molecule has 1 aliphatic rings. The molecule has 23 heavy (non-hydrogen) atoms. The lowest BCUT2D eigenvalue weighted by molar-refractivity contribution is -0.385. The van der Waals surface area contributed by atoms with E-state index in [1.165, 1.54) is 12.1 Å². The van der Waals surface area contributed by atoms with E-state index in [2.05, 4.69) is 15.2 Å². The Hall–Kier alpha value is -2.55. The molecule has 1 atom stereocenters. The summed E-state index contributed by atoms with van der Waals surface area (Å²) < 4.78 is 19.8. The van der Waals surface area contributed by atoms with Crippen molar-refractivity contribution in [3.63, 3.8) is 0 Å². The summed E-state index contributed by atoms with van der Waals surface area (Å²) in [5.41, 5.74) is 0.0489. The van der Waals surface area contributed by atoms with Crippen LogP contribution in [0.25, 0.3) is 0 Å². The first-order chi connectivity index (χ1) is 11.1. The molecular weight excluding hydrogens is 305 g/mol. The van der Waals surface area contributed by atoms with Crippen molar-refractivity contribution in [3.05, 3.63) is 45.8 Å².